The van der Waals surface area contributed by atoms with E-state index in [1.807, 2.05) is 107 Å². The molecule has 0 unspecified atom stereocenters. The predicted molar refractivity (Wildman–Crippen MR) is 264 cm³/mol. The number of nitrogens with zero attached hydrogens (tertiary/aromatic N) is 1. The number of benzene rings is 5. The van der Waals surface area contributed by atoms with Gasteiger partial charge < -0.3 is 49.6 Å². The zero-order chi connectivity index (χ0) is 50.2. The first-order valence-electron chi connectivity index (χ1n) is 22.8. The number of aryl methyl sites for hydroxylation is 2. The van der Waals surface area contributed by atoms with E-state index in [4.69, 9.17) is 35.3 Å². The van der Waals surface area contributed by atoms with Crippen molar-refractivity contribution in [2.75, 3.05) is 33.9 Å². The summed E-state index contributed by atoms with van der Waals surface area (Å²) in [5, 5.41) is 22.1. The van der Waals surface area contributed by atoms with E-state index < -0.39 is 36.2 Å². The van der Waals surface area contributed by atoms with Crippen LogP contribution in [0.2, 0.25) is 5.02 Å². The molecule has 4 atom stereocenters. The Bertz CT molecular complexity index is 2540. The third kappa shape index (κ3) is 14.8. The Labute approximate surface area is 408 Å². The molecule has 15 nitrogen and oxygen atoms in total. The monoisotopic (exact) mass is 966 g/mol. The smallest absolute Gasteiger partial charge is 0.318 e. The van der Waals surface area contributed by atoms with Crippen molar-refractivity contribution in [1.82, 2.24) is 20.9 Å². The highest BCUT2D eigenvalue weighted by molar-refractivity contribution is 6.31. The first-order valence-corrected chi connectivity index (χ1v) is 23.2. The summed E-state index contributed by atoms with van der Waals surface area (Å²) in [6.45, 7) is 11.2. The van der Waals surface area contributed by atoms with E-state index in [1.54, 1.807) is 23.1 Å². The Kier molecular flexibility index (Phi) is 19.6. The number of rotatable bonds is 19. The lowest BCUT2D eigenvalue weighted by Gasteiger charge is -2.37. The Hall–Kier alpha value is -6.84. The molecule has 1 saturated heterocycles. The molecule has 16 heteroatoms. The van der Waals surface area contributed by atoms with Crippen LogP contribution in [0.1, 0.15) is 62.8 Å². The highest BCUT2D eigenvalue weighted by Crippen LogP contribution is 2.51. The maximum Gasteiger partial charge on any atom is 0.318 e. The standard InChI is InChI=1S/C37H48N4O5.C16H15ClO6/c1-25(2)34(41-20-12-19-38-37(41)45)36(44)39-30(21-28-15-7-5-8-16-28)23-32(42)31(22-29-17-9-6-10-18-29)40-33(43)24-46-35-26(3)13-11-14-27(35)4;1-8(18)22-13-11-6-5-10(17)7-12(11)14(23-9(2)19)16(21-4)15(13)20-3/h5-11,13-18,25,30-32,34,42H,12,19-24H2,1-4H3,(H,38,45)(H,39,44)(H,40,43);5-7H,1-4H3/t30-,31-,32-,34-;/m0./s1. The number of aliphatic hydroxyl groups is 1. The summed E-state index contributed by atoms with van der Waals surface area (Å²) in [7, 11) is 2.78. The van der Waals surface area contributed by atoms with Gasteiger partial charge in [0.15, 0.2) is 18.1 Å². The van der Waals surface area contributed by atoms with Gasteiger partial charge in [0.25, 0.3) is 5.91 Å². The first kappa shape index (κ1) is 53.1. The molecule has 4 N–H and O–H groups in total. The molecule has 0 radical (unpaired) electrons. The van der Waals surface area contributed by atoms with E-state index in [9.17, 15) is 29.1 Å². The molecule has 1 heterocycles. The van der Waals surface area contributed by atoms with Crippen molar-refractivity contribution in [3.63, 3.8) is 0 Å². The van der Waals surface area contributed by atoms with Gasteiger partial charge in [0.1, 0.15) is 11.8 Å². The summed E-state index contributed by atoms with van der Waals surface area (Å²) in [6.07, 6.45) is 0.831. The molecule has 0 aliphatic carbocycles. The van der Waals surface area contributed by atoms with Crippen molar-refractivity contribution >= 4 is 52.2 Å². The lowest BCUT2D eigenvalue weighted by molar-refractivity contribution is -0.133. The molecule has 69 heavy (non-hydrogen) atoms. The van der Waals surface area contributed by atoms with Gasteiger partial charge in [-0.25, -0.2) is 4.79 Å². The number of para-hydroxylation sites is 1. The van der Waals surface area contributed by atoms with Gasteiger partial charge >= 0.3 is 18.0 Å². The number of ether oxygens (including phenoxy) is 5. The van der Waals surface area contributed by atoms with Crippen molar-refractivity contribution in [1.29, 1.82) is 0 Å². The van der Waals surface area contributed by atoms with Crippen LogP contribution in [-0.4, -0.2) is 97.9 Å². The maximum absolute atomic E-state index is 13.8. The molecule has 5 aromatic carbocycles. The average molecular weight is 968 g/mol. The van der Waals surface area contributed by atoms with Crippen molar-refractivity contribution < 1.29 is 52.8 Å². The van der Waals surface area contributed by atoms with Crippen LogP contribution < -0.4 is 39.6 Å². The minimum Gasteiger partial charge on any atom is -0.490 e. The number of carbonyl (C=O) groups excluding carboxylic acids is 5. The fourth-order valence-electron chi connectivity index (χ4n) is 8.33. The summed E-state index contributed by atoms with van der Waals surface area (Å²) >= 11 is 6.03. The number of amides is 4. The summed E-state index contributed by atoms with van der Waals surface area (Å²) in [4.78, 5) is 64.2. The summed E-state index contributed by atoms with van der Waals surface area (Å²) in [6, 6.07) is 28.1. The van der Waals surface area contributed by atoms with Crippen molar-refractivity contribution in [3.8, 4) is 28.7 Å². The van der Waals surface area contributed by atoms with E-state index in [-0.39, 0.29) is 59.8 Å². The van der Waals surface area contributed by atoms with E-state index in [0.29, 0.717) is 47.5 Å². The number of urea groups is 1. The van der Waals surface area contributed by atoms with E-state index in [2.05, 4.69) is 16.0 Å². The summed E-state index contributed by atoms with van der Waals surface area (Å²) in [5.41, 5.74) is 3.84. The minimum atomic E-state index is -0.992. The zero-order valence-corrected chi connectivity index (χ0v) is 41.2. The predicted octanol–water partition coefficient (Wildman–Crippen LogP) is 7.69. The second kappa shape index (κ2) is 25.5. The van der Waals surface area contributed by atoms with Crippen molar-refractivity contribution in [2.24, 2.45) is 5.92 Å². The number of hydrogen-bond donors (Lipinski definition) is 4. The lowest BCUT2D eigenvalue weighted by Crippen LogP contribution is -2.59. The van der Waals surface area contributed by atoms with E-state index >= 15 is 0 Å². The Morgan fingerprint density at radius 1 is 0.739 bits per heavy atom. The molecule has 4 amide bonds. The lowest BCUT2D eigenvalue weighted by atomic mass is 9.92. The van der Waals surface area contributed by atoms with Gasteiger partial charge in [0, 0.05) is 48.8 Å². The maximum atomic E-state index is 13.8. The van der Waals surface area contributed by atoms with Crippen molar-refractivity contribution in [3.05, 3.63) is 124 Å². The first-order chi connectivity index (χ1) is 33.0. The molecule has 1 aliphatic heterocycles. The molecule has 6 rings (SSSR count). The van der Waals surface area contributed by atoms with Crippen LogP contribution in [0.4, 0.5) is 4.79 Å². The molecule has 0 saturated carbocycles. The van der Waals surface area contributed by atoms with Crippen LogP contribution in [0.15, 0.2) is 97.1 Å². The Balaban J connectivity index is 0.000000323. The number of hydrogen-bond acceptors (Lipinski definition) is 11. The molecular formula is C53H63ClN4O11. The number of carbonyl (C=O) groups is 5. The third-order valence-corrected chi connectivity index (χ3v) is 11.6. The Morgan fingerprint density at radius 2 is 1.30 bits per heavy atom. The SMILES string of the molecule is COc1c(OC)c(OC(C)=O)c2cc(Cl)ccc2c1OC(C)=O.Cc1cccc(C)c1OCC(=O)N[C@@H](Cc1ccccc1)[C@@H](O)C[C@H](Cc1ccccc1)NC(=O)[C@H](C(C)C)N1CCCNC1=O. The van der Waals surface area contributed by atoms with Gasteiger partial charge in [0.2, 0.25) is 17.4 Å². The topological polar surface area (TPSA) is 191 Å². The number of aliphatic hydroxyl groups excluding tert-OH is 1. The normalized spacial score (nSPS) is 14.0. The van der Waals surface area contributed by atoms with Crippen LogP contribution in [0.5, 0.6) is 28.7 Å². The minimum absolute atomic E-state index is 0.117. The van der Waals surface area contributed by atoms with Crippen LogP contribution >= 0.6 is 11.6 Å². The summed E-state index contributed by atoms with van der Waals surface area (Å²) < 4.78 is 27.0. The number of nitrogens with one attached hydrogen (secondary N) is 3. The van der Waals surface area contributed by atoms with Gasteiger partial charge in [-0.1, -0.05) is 104 Å². The number of methoxy groups -OCH3 is 2. The molecule has 0 spiro atoms. The molecule has 1 aliphatic rings. The highest BCUT2D eigenvalue weighted by Gasteiger charge is 2.36. The third-order valence-electron chi connectivity index (χ3n) is 11.4. The van der Waals surface area contributed by atoms with Gasteiger partial charge in [-0.2, -0.15) is 0 Å². The summed E-state index contributed by atoms with van der Waals surface area (Å²) in [5.74, 6) is -0.521. The number of halogens is 1. The highest BCUT2D eigenvalue weighted by atomic mass is 35.5. The van der Waals surface area contributed by atoms with Gasteiger partial charge in [-0.05, 0) is 85.9 Å². The second-order valence-corrected chi connectivity index (χ2v) is 17.6. The van der Waals surface area contributed by atoms with Crippen LogP contribution in [0.3, 0.4) is 0 Å². The second-order valence-electron chi connectivity index (χ2n) is 17.1. The van der Waals surface area contributed by atoms with E-state index in [1.165, 1.54) is 28.1 Å². The van der Waals surface area contributed by atoms with Crippen LogP contribution in [0.25, 0.3) is 10.8 Å². The largest absolute Gasteiger partial charge is 0.490 e. The van der Waals surface area contributed by atoms with Gasteiger partial charge in [0.05, 0.1) is 26.4 Å². The van der Waals surface area contributed by atoms with Crippen LogP contribution in [0, 0.1) is 19.8 Å². The van der Waals surface area contributed by atoms with Gasteiger partial charge in [-0.3, -0.25) is 19.2 Å². The Morgan fingerprint density at radius 3 is 1.84 bits per heavy atom. The molecule has 5 aromatic rings. The molecule has 1 fully saturated rings. The number of esters is 2. The average Bonchev–Trinajstić information content (AvgIpc) is 3.30. The zero-order valence-electron chi connectivity index (χ0n) is 40.4. The quantitative estimate of drug-likeness (QED) is 0.0469. The van der Waals surface area contributed by atoms with E-state index in [0.717, 1.165) is 28.7 Å². The van der Waals surface area contributed by atoms with Crippen molar-refractivity contribution in [2.45, 2.75) is 91.5 Å². The fourth-order valence-corrected chi connectivity index (χ4v) is 8.50. The fraction of sp³-hybridized carbons (Fsp3) is 0.377. The molecule has 368 valence electrons. The van der Waals surface area contributed by atoms with Crippen LogP contribution in [-0.2, 0) is 32.0 Å². The van der Waals surface area contributed by atoms with Gasteiger partial charge in [-0.15, -0.1) is 0 Å². The molecule has 0 bridgehead atoms. The number of fused-ring (bicyclic) bond motifs is 1. The molecule has 0 aromatic heterocycles. The molecular weight excluding hydrogens is 904 g/mol.